The summed E-state index contributed by atoms with van der Waals surface area (Å²) < 4.78 is 0. The van der Waals surface area contributed by atoms with Crippen LogP contribution in [0.15, 0.2) is 0 Å². The van der Waals surface area contributed by atoms with Gasteiger partial charge in [-0.15, -0.1) is 0 Å². The molecule has 1 N–H and O–H groups in total. The van der Waals surface area contributed by atoms with Crippen LogP contribution in [0.5, 0.6) is 0 Å². The lowest BCUT2D eigenvalue weighted by atomic mass is 9.96. The maximum absolute atomic E-state index is 3.43. The Morgan fingerprint density at radius 3 is 2.18 bits per heavy atom. The quantitative estimate of drug-likeness (QED) is 0.609. The zero-order valence-electron chi connectivity index (χ0n) is 7.53. The molecule has 2 saturated carbocycles. The van der Waals surface area contributed by atoms with Crippen LogP contribution in [0.1, 0.15) is 44.9 Å². The minimum atomic E-state index is 0.769. The van der Waals surface area contributed by atoms with Crippen LogP contribution in [-0.2, 0) is 0 Å². The first kappa shape index (κ1) is 7.60. The fourth-order valence-electron chi connectivity index (χ4n) is 2.74. The second kappa shape index (κ2) is 2.78. The molecule has 0 amide bonds. The molecule has 11 heavy (non-hydrogen) atoms. The predicted molar refractivity (Wildman–Crippen MR) is 47.6 cm³/mol. The Labute approximate surface area is 69.6 Å². The first-order chi connectivity index (χ1) is 5.37. The summed E-state index contributed by atoms with van der Waals surface area (Å²) in [6.07, 6.45) is 10.4. The normalized spacial score (nSPS) is 35.2. The molecule has 2 fully saturated rings. The monoisotopic (exact) mass is 153 g/mol. The van der Waals surface area contributed by atoms with E-state index in [1.807, 2.05) is 0 Å². The molecule has 0 bridgehead atoms. The zero-order valence-corrected chi connectivity index (χ0v) is 7.53. The van der Waals surface area contributed by atoms with Crippen molar-refractivity contribution in [1.82, 2.24) is 5.32 Å². The Hall–Kier alpha value is -0.0400. The Morgan fingerprint density at radius 2 is 1.73 bits per heavy atom. The van der Waals surface area contributed by atoms with E-state index in [0.717, 1.165) is 11.5 Å². The minimum absolute atomic E-state index is 0.769. The minimum Gasteiger partial charge on any atom is -0.316 e. The fraction of sp³-hybridized carbons (Fsp3) is 1.00. The Bertz CT molecular complexity index is 134. The molecule has 1 nitrogen and oxygen atoms in total. The molecule has 0 aromatic carbocycles. The van der Waals surface area contributed by atoms with Crippen LogP contribution in [0.2, 0.25) is 0 Å². The molecule has 64 valence electrons. The van der Waals surface area contributed by atoms with E-state index in [9.17, 15) is 0 Å². The molecule has 0 aromatic rings. The number of hydrogen-bond acceptors (Lipinski definition) is 1. The van der Waals surface area contributed by atoms with Crippen molar-refractivity contribution in [2.24, 2.45) is 5.41 Å². The number of nitrogens with one attached hydrogen (secondary N) is 1. The molecule has 1 spiro atoms. The maximum Gasteiger partial charge on any atom is 0.0127 e. The number of rotatable bonds is 1. The SMILES string of the molecule is CNC1CC12CCCCCC2. The topological polar surface area (TPSA) is 12.0 Å². The summed E-state index contributed by atoms with van der Waals surface area (Å²) in [5.74, 6) is 0. The van der Waals surface area contributed by atoms with Crippen molar-refractivity contribution in [2.75, 3.05) is 7.05 Å². The zero-order chi connectivity index (χ0) is 7.73. The lowest BCUT2D eigenvalue weighted by Gasteiger charge is -2.12. The summed E-state index contributed by atoms with van der Waals surface area (Å²) in [4.78, 5) is 0. The molecule has 0 radical (unpaired) electrons. The van der Waals surface area contributed by atoms with Gasteiger partial charge in [-0.05, 0) is 31.7 Å². The van der Waals surface area contributed by atoms with Gasteiger partial charge in [0.15, 0.2) is 0 Å². The molecule has 1 atom stereocenters. The second-order valence-corrected chi connectivity index (χ2v) is 4.32. The van der Waals surface area contributed by atoms with Crippen LogP contribution >= 0.6 is 0 Å². The predicted octanol–water partition coefficient (Wildman–Crippen LogP) is 2.32. The summed E-state index contributed by atoms with van der Waals surface area (Å²) in [5.41, 5.74) is 0.769. The lowest BCUT2D eigenvalue weighted by Crippen LogP contribution is -2.18. The van der Waals surface area contributed by atoms with Gasteiger partial charge in [0.05, 0.1) is 0 Å². The summed E-state index contributed by atoms with van der Waals surface area (Å²) in [7, 11) is 2.12. The first-order valence-corrected chi connectivity index (χ1v) is 5.05. The third-order valence-electron chi connectivity index (χ3n) is 3.64. The summed E-state index contributed by atoms with van der Waals surface area (Å²) in [5, 5.41) is 3.43. The van der Waals surface area contributed by atoms with Crippen molar-refractivity contribution < 1.29 is 0 Å². The van der Waals surface area contributed by atoms with Crippen LogP contribution < -0.4 is 5.32 Å². The third kappa shape index (κ3) is 1.31. The van der Waals surface area contributed by atoms with Gasteiger partial charge in [0, 0.05) is 6.04 Å². The average molecular weight is 153 g/mol. The van der Waals surface area contributed by atoms with E-state index in [2.05, 4.69) is 12.4 Å². The number of hydrogen-bond donors (Lipinski definition) is 1. The van der Waals surface area contributed by atoms with Gasteiger partial charge < -0.3 is 5.32 Å². The molecule has 0 saturated heterocycles. The van der Waals surface area contributed by atoms with E-state index in [1.165, 1.54) is 44.9 Å². The van der Waals surface area contributed by atoms with E-state index < -0.39 is 0 Å². The highest BCUT2D eigenvalue weighted by atomic mass is 15.0. The van der Waals surface area contributed by atoms with Gasteiger partial charge in [0.25, 0.3) is 0 Å². The van der Waals surface area contributed by atoms with Crippen molar-refractivity contribution in [2.45, 2.75) is 51.0 Å². The molecule has 1 unspecified atom stereocenters. The van der Waals surface area contributed by atoms with Crippen molar-refractivity contribution >= 4 is 0 Å². The summed E-state index contributed by atoms with van der Waals surface area (Å²) in [6, 6.07) is 0.876. The average Bonchev–Trinajstić information content (AvgIpc) is 2.76. The van der Waals surface area contributed by atoms with Crippen LogP contribution in [0.25, 0.3) is 0 Å². The Morgan fingerprint density at radius 1 is 1.09 bits per heavy atom. The van der Waals surface area contributed by atoms with Crippen molar-refractivity contribution in [3.63, 3.8) is 0 Å². The van der Waals surface area contributed by atoms with Gasteiger partial charge in [-0.2, -0.15) is 0 Å². The van der Waals surface area contributed by atoms with Crippen LogP contribution in [0, 0.1) is 5.41 Å². The maximum atomic E-state index is 3.43. The van der Waals surface area contributed by atoms with Gasteiger partial charge in [0.1, 0.15) is 0 Å². The van der Waals surface area contributed by atoms with E-state index in [1.54, 1.807) is 0 Å². The van der Waals surface area contributed by atoms with Gasteiger partial charge in [-0.25, -0.2) is 0 Å². The van der Waals surface area contributed by atoms with E-state index in [4.69, 9.17) is 0 Å². The molecule has 0 heterocycles. The first-order valence-electron chi connectivity index (χ1n) is 5.05. The molecule has 0 aromatic heterocycles. The Kier molecular flexibility index (Phi) is 1.92. The highest BCUT2D eigenvalue weighted by Gasteiger charge is 2.51. The largest absolute Gasteiger partial charge is 0.316 e. The Balaban J connectivity index is 1.92. The molecular weight excluding hydrogens is 134 g/mol. The second-order valence-electron chi connectivity index (χ2n) is 4.32. The van der Waals surface area contributed by atoms with E-state index >= 15 is 0 Å². The van der Waals surface area contributed by atoms with E-state index in [-0.39, 0.29) is 0 Å². The van der Waals surface area contributed by atoms with Gasteiger partial charge >= 0.3 is 0 Å². The standard InChI is InChI=1S/C10H19N/c1-11-9-8-10(9)6-4-2-3-5-7-10/h9,11H,2-8H2,1H3. The van der Waals surface area contributed by atoms with Crippen LogP contribution in [-0.4, -0.2) is 13.1 Å². The highest BCUT2D eigenvalue weighted by molar-refractivity contribution is 5.07. The van der Waals surface area contributed by atoms with Gasteiger partial charge in [-0.3, -0.25) is 0 Å². The molecule has 2 aliphatic carbocycles. The smallest absolute Gasteiger partial charge is 0.0127 e. The van der Waals surface area contributed by atoms with Crippen molar-refractivity contribution in [1.29, 1.82) is 0 Å². The molecular formula is C10H19N. The molecule has 2 aliphatic rings. The molecule has 0 aliphatic heterocycles. The van der Waals surface area contributed by atoms with Crippen molar-refractivity contribution in [3.05, 3.63) is 0 Å². The summed E-state index contributed by atoms with van der Waals surface area (Å²) in [6.45, 7) is 0. The summed E-state index contributed by atoms with van der Waals surface area (Å²) >= 11 is 0. The van der Waals surface area contributed by atoms with Crippen LogP contribution in [0.3, 0.4) is 0 Å². The highest BCUT2D eigenvalue weighted by Crippen LogP contribution is 2.55. The van der Waals surface area contributed by atoms with Gasteiger partial charge in [-0.1, -0.05) is 25.7 Å². The molecule has 2 rings (SSSR count). The van der Waals surface area contributed by atoms with Crippen LogP contribution in [0.4, 0.5) is 0 Å². The van der Waals surface area contributed by atoms with Gasteiger partial charge in [0.2, 0.25) is 0 Å². The van der Waals surface area contributed by atoms with Crippen molar-refractivity contribution in [3.8, 4) is 0 Å². The fourth-order valence-corrected chi connectivity index (χ4v) is 2.74. The van der Waals surface area contributed by atoms with E-state index in [0.29, 0.717) is 0 Å². The molecule has 1 heteroatoms. The third-order valence-corrected chi connectivity index (χ3v) is 3.64. The lowest BCUT2D eigenvalue weighted by molar-refractivity contribution is 0.406.